The van der Waals surface area contributed by atoms with Gasteiger partial charge in [-0.2, -0.15) is 0 Å². The number of nitrogens with one attached hydrogen (secondary N) is 2. The molecule has 100 valence electrons. The van der Waals surface area contributed by atoms with E-state index in [9.17, 15) is 0 Å². The summed E-state index contributed by atoms with van der Waals surface area (Å²) in [5, 5.41) is 14.4. The molecule has 1 aromatic carbocycles. The largest absolute Gasteiger partial charge is 0.406 e. The zero-order valence-corrected chi connectivity index (χ0v) is 11.0. The normalized spacial score (nSPS) is 14.6. The van der Waals surface area contributed by atoms with Gasteiger partial charge in [0.25, 0.3) is 0 Å². The van der Waals surface area contributed by atoms with Gasteiger partial charge in [0.1, 0.15) is 0 Å². The molecule has 2 N–H and O–H groups in total. The summed E-state index contributed by atoms with van der Waals surface area (Å²) in [5.74, 6) is 0.625. The third-order valence-electron chi connectivity index (χ3n) is 3.20. The molecule has 19 heavy (non-hydrogen) atoms. The molecule has 1 aliphatic rings. The topological polar surface area (TPSA) is 63.0 Å². The van der Waals surface area contributed by atoms with Gasteiger partial charge in [0.15, 0.2) is 0 Å². The van der Waals surface area contributed by atoms with Gasteiger partial charge in [0.05, 0.1) is 6.54 Å². The Balaban J connectivity index is 1.58. The van der Waals surface area contributed by atoms with Crippen LogP contribution in [0.4, 0.5) is 11.7 Å². The minimum absolute atomic E-state index is 0.442. The third kappa shape index (κ3) is 3.32. The minimum Gasteiger partial charge on any atom is -0.406 e. The van der Waals surface area contributed by atoms with Gasteiger partial charge in [0.2, 0.25) is 5.89 Å². The highest BCUT2D eigenvalue weighted by atomic mass is 16.4. The highest BCUT2D eigenvalue weighted by Crippen LogP contribution is 2.20. The van der Waals surface area contributed by atoms with Crippen molar-refractivity contribution in [3.63, 3.8) is 0 Å². The maximum atomic E-state index is 5.53. The van der Waals surface area contributed by atoms with Gasteiger partial charge in [-0.15, -0.1) is 5.10 Å². The number of benzene rings is 1. The van der Waals surface area contributed by atoms with Gasteiger partial charge in [-0.05, 0) is 37.0 Å². The monoisotopic (exact) mass is 258 g/mol. The van der Waals surface area contributed by atoms with Crippen molar-refractivity contribution in [2.24, 2.45) is 0 Å². The van der Waals surface area contributed by atoms with Crippen molar-refractivity contribution < 1.29 is 4.42 Å². The van der Waals surface area contributed by atoms with Crippen LogP contribution in [0.5, 0.6) is 0 Å². The van der Waals surface area contributed by atoms with Crippen molar-refractivity contribution in [1.29, 1.82) is 0 Å². The molecule has 0 aliphatic heterocycles. The molecule has 0 saturated heterocycles. The van der Waals surface area contributed by atoms with E-state index in [-0.39, 0.29) is 0 Å². The van der Waals surface area contributed by atoms with Crippen molar-refractivity contribution in [3.8, 4) is 0 Å². The summed E-state index contributed by atoms with van der Waals surface area (Å²) in [6.45, 7) is 2.79. The molecule has 0 spiro atoms. The Labute approximate surface area is 112 Å². The summed E-state index contributed by atoms with van der Waals surface area (Å²) in [6, 6.07) is 9.31. The number of rotatable bonds is 6. The first-order valence-corrected chi connectivity index (χ1v) is 6.75. The molecule has 5 heteroatoms. The fourth-order valence-corrected chi connectivity index (χ4v) is 1.84. The Morgan fingerprint density at radius 1 is 1.21 bits per heavy atom. The maximum absolute atomic E-state index is 5.53. The second-order valence-electron chi connectivity index (χ2n) is 4.83. The molecule has 1 saturated carbocycles. The van der Waals surface area contributed by atoms with Crippen LogP contribution in [-0.2, 0) is 13.0 Å². The maximum Gasteiger partial charge on any atom is 0.320 e. The predicted octanol–water partition coefficient (Wildman–Crippen LogP) is 2.63. The SMILES string of the molecule is CCc1ccc(Nc2nnc(CNC3CC3)o2)cc1. The molecule has 0 bridgehead atoms. The predicted molar refractivity (Wildman–Crippen MR) is 73.3 cm³/mol. The van der Waals surface area contributed by atoms with Crippen molar-refractivity contribution in [3.05, 3.63) is 35.7 Å². The van der Waals surface area contributed by atoms with Crippen LogP contribution >= 0.6 is 0 Å². The number of anilines is 2. The summed E-state index contributed by atoms with van der Waals surface area (Å²) >= 11 is 0. The summed E-state index contributed by atoms with van der Waals surface area (Å²) in [7, 11) is 0. The lowest BCUT2D eigenvalue weighted by atomic mass is 10.1. The Kier molecular flexibility index (Phi) is 3.46. The van der Waals surface area contributed by atoms with Crippen LogP contribution < -0.4 is 10.6 Å². The fraction of sp³-hybridized carbons (Fsp3) is 0.429. The standard InChI is InChI=1S/C14H18N4O/c1-2-10-3-5-12(6-4-10)16-14-18-17-13(19-14)9-15-11-7-8-11/h3-6,11,15H,2,7-9H2,1H3,(H,16,18). The molecule has 1 fully saturated rings. The summed E-state index contributed by atoms with van der Waals surface area (Å²) in [6.07, 6.45) is 3.55. The first-order valence-electron chi connectivity index (χ1n) is 6.75. The molecule has 0 amide bonds. The molecule has 0 unspecified atom stereocenters. The molecule has 1 aliphatic carbocycles. The van der Waals surface area contributed by atoms with Gasteiger partial charge in [0, 0.05) is 11.7 Å². The smallest absolute Gasteiger partial charge is 0.320 e. The van der Waals surface area contributed by atoms with Gasteiger partial charge >= 0.3 is 6.01 Å². The van der Waals surface area contributed by atoms with Crippen LogP contribution in [-0.4, -0.2) is 16.2 Å². The van der Waals surface area contributed by atoms with E-state index in [4.69, 9.17) is 4.42 Å². The molecule has 1 aromatic heterocycles. The molecular weight excluding hydrogens is 240 g/mol. The molecule has 5 nitrogen and oxygen atoms in total. The van der Waals surface area contributed by atoms with E-state index >= 15 is 0 Å². The molecule has 1 heterocycles. The van der Waals surface area contributed by atoms with Crippen molar-refractivity contribution in [1.82, 2.24) is 15.5 Å². The number of hydrogen-bond acceptors (Lipinski definition) is 5. The Bertz CT molecular complexity index is 531. The van der Waals surface area contributed by atoms with Crippen LogP contribution in [0.15, 0.2) is 28.7 Å². The minimum atomic E-state index is 0.442. The van der Waals surface area contributed by atoms with E-state index < -0.39 is 0 Å². The summed E-state index contributed by atoms with van der Waals surface area (Å²) in [4.78, 5) is 0. The molecule has 0 atom stereocenters. The van der Waals surface area contributed by atoms with Gasteiger partial charge < -0.3 is 15.1 Å². The van der Waals surface area contributed by atoms with Crippen molar-refractivity contribution >= 4 is 11.7 Å². The lowest BCUT2D eigenvalue weighted by Crippen LogP contribution is -2.15. The lowest BCUT2D eigenvalue weighted by molar-refractivity contribution is 0.478. The van der Waals surface area contributed by atoms with Crippen LogP contribution in [0.3, 0.4) is 0 Å². The van der Waals surface area contributed by atoms with Crippen molar-refractivity contribution in [2.75, 3.05) is 5.32 Å². The average molecular weight is 258 g/mol. The van der Waals surface area contributed by atoms with Gasteiger partial charge in [-0.1, -0.05) is 24.2 Å². The van der Waals surface area contributed by atoms with E-state index in [2.05, 4.69) is 39.9 Å². The molecular formula is C14H18N4O. The highest BCUT2D eigenvalue weighted by molar-refractivity contribution is 5.52. The van der Waals surface area contributed by atoms with Gasteiger partial charge in [-0.25, -0.2) is 0 Å². The number of hydrogen-bond donors (Lipinski definition) is 2. The Morgan fingerprint density at radius 2 is 2.00 bits per heavy atom. The Hall–Kier alpha value is -1.88. The van der Waals surface area contributed by atoms with Crippen molar-refractivity contribution in [2.45, 2.75) is 38.8 Å². The lowest BCUT2D eigenvalue weighted by Gasteiger charge is -2.02. The average Bonchev–Trinajstić information content (AvgIpc) is 3.17. The van der Waals surface area contributed by atoms with E-state index in [1.165, 1.54) is 18.4 Å². The second kappa shape index (κ2) is 5.40. The molecule has 2 aromatic rings. The number of aryl methyl sites for hydroxylation is 1. The highest BCUT2D eigenvalue weighted by Gasteiger charge is 2.21. The number of nitrogens with zero attached hydrogens (tertiary/aromatic N) is 2. The summed E-state index contributed by atoms with van der Waals surface area (Å²) < 4.78 is 5.53. The van der Waals surface area contributed by atoms with Crippen LogP contribution in [0, 0.1) is 0 Å². The zero-order chi connectivity index (χ0) is 13.1. The summed E-state index contributed by atoms with van der Waals surface area (Å²) in [5.41, 5.74) is 2.27. The van der Waals surface area contributed by atoms with Gasteiger partial charge in [-0.3, -0.25) is 0 Å². The zero-order valence-electron chi connectivity index (χ0n) is 11.0. The molecule has 0 radical (unpaired) electrons. The Morgan fingerprint density at radius 3 is 2.68 bits per heavy atom. The van der Waals surface area contributed by atoms with E-state index in [0.717, 1.165) is 12.1 Å². The van der Waals surface area contributed by atoms with E-state index in [1.54, 1.807) is 0 Å². The fourth-order valence-electron chi connectivity index (χ4n) is 1.84. The van der Waals surface area contributed by atoms with Crippen LogP contribution in [0.25, 0.3) is 0 Å². The molecule has 3 rings (SSSR count). The quantitative estimate of drug-likeness (QED) is 0.834. The van der Waals surface area contributed by atoms with E-state index in [0.29, 0.717) is 24.5 Å². The van der Waals surface area contributed by atoms with E-state index in [1.807, 2.05) is 12.1 Å². The third-order valence-corrected chi connectivity index (χ3v) is 3.20. The first kappa shape index (κ1) is 12.2. The van der Waals surface area contributed by atoms with Crippen LogP contribution in [0.2, 0.25) is 0 Å². The number of aromatic nitrogens is 2. The van der Waals surface area contributed by atoms with Crippen LogP contribution in [0.1, 0.15) is 31.2 Å². The first-order chi connectivity index (χ1) is 9.33. The second-order valence-corrected chi connectivity index (χ2v) is 4.83.